The van der Waals surface area contributed by atoms with E-state index in [2.05, 4.69) is 33.9 Å². The zero-order valence-electron chi connectivity index (χ0n) is 17.6. The predicted molar refractivity (Wildman–Crippen MR) is 115 cm³/mol. The number of piperidine rings is 2. The molecular weight excluding hydrogens is 348 g/mol. The first-order chi connectivity index (χ1) is 13.6. The van der Waals surface area contributed by atoms with Gasteiger partial charge >= 0.3 is 0 Å². The summed E-state index contributed by atoms with van der Waals surface area (Å²) in [6.45, 7) is 7.01. The molecule has 3 heterocycles. The third-order valence-corrected chi connectivity index (χ3v) is 7.16. The fraction of sp³-hybridized carbons (Fsp3) is 0.696. The van der Waals surface area contributed by atoms with Crippen LogP contribution in [-0.2, 0) is 0 Å². The Morgan fingerprint density at radius 2 is 1.50 bits per heavy atom. The molecular formula is C23H36N4O. The van der Waals surface area contributed by atoms with Gasteiger partial charge in [-0.25, -0.2) is 0 Å². The number of anilines is 1. The molecule has 0 spiro atoms. The summed E-state index contributed by atoms with van der Waals surface area (Å²) in [4.78, 5) is 22.4. The van der Waals surface area contributed by atoms with Gasteiger partial charge in [-0.2, -0.15) is 0 Å². The van der Waals surface area contributed by atoms with Crippen molar-refractivity contribution in [2.24, 2.45) is 0 Å². The first-order valence-corrected chi connectivity index (χ1v) is 11.2. The standard InChI is InChI=1S/C23H36N4O/c1-24-15-9-20(10-16-24)25(2)23(28)19-5-7-21(8-6-19)27-17-11-22(12-18-27)26-13-3-4-14-26/h5-8,20,22H,3-4,9-18H2,1-2H3. The highest BCUT2D eigenvalue weighted by Crippen LogP contribution is 2.25. The largest absolute Gasteiger partial charge is 0.371 e. The van der Waals surface area contributed by atoms with E-state index in [1.807, 2.05) is 24.1 Å². The van der Waals surface area contributed by atoms with Crippen molar-refractivity contribution in [2.75, 3.05) is 58.3 Å². The van der Waals surface area contributed by atoms with E-state index in [0.29, 0.717) is 6.04 Å². The van der Waals surface area contributed by atoms with E-state index in [1.165, 1.54) is 44.5 Å². The van der Waals surface area contributed by atoms with Crippen LogP contribution in [0.4, 0.5) is 5.69 Å². The van der Waals surface area contributed by atoms with Crippen LogP contribution in [0.5, 0.6) is 0 Å². The molecule has 0 unspecified atom stereocenters. The van der Waals surface area contributed by atoms with Crippen LogP contribution in [0.25, 0.3) is 0 Å². The monoisotopic (exact) mass is 384 g/mol. The number of carbonyl (C=O) groups is 1. The van der Waals surface area contributed by atoms with Crippen LogP contribution in [0.2, 0.25) is 0 Å². The molecule has 0 saturated carbocycles. The van der Waals surface area contributed by atoms with Crippen molar-refractivity contribution < 1.29 is 4.79 Å². The molecule has 4 rings (SSSR count). The number of hydrogen-bond acceptors (Lipinski definition) is 4. The van der Waals surface area contributed by atoms with Crippen LogP contribution < -0.4 is 4.90 Å². The lowest BCUT2D eigenvalue weighted by Crippen LogP contribution is -2.44. The summed E-state index contributed by atoms with van der Waals surface area (Å²) >= 11 is 0. The molecule has 28 heavy (non-hydrogen) atoms. The smallest absolute Gasteiger partial charge is 0.253 e. The summed E-state index contributed by atoms with van der Waals surface area (Å²) < 4.78 is 0. The van der Waals surface area contributed by atoms with Crippen molar-refractivity contribution in [3.05, 3.63) is 29.8 Å². The molecule has 0 bridgehead atoms. The normalized spacial score (nSPS) is 23.3. The fourth-order valence-corrected chi connectivity index (χ4v) is 5.16. The van der Waals surface area contributed by atoms with Gasteiger partial charge in [-0.15, -0.1) is 0 Å². The molecule has 5 heteroatoms. The van der Waals surface area contributed by atoms with Crippen molar-refractivity contribution in [1.82, 2.24) is 14.7 Å². The molecule has 1 aromatic carbocycles. The molecule has 0 aromatic heterocycles. The molecule has 3 fully saturated rings. The number of rotatable bonds is 4. The number of benzene rings is 1. The second-order valence-electron chi connectivity index (χ2n) is 8.96. The van der Waals surface area contributed by atoms with E-state index in [1.54, 1.807) is 0 Å². The van der Waals surface area contributed by atoms with Crippen LogP contribution in [0.1, 0.15) is 48.9 Å². The van der Waals surface area contributed by atoms with Crippen LogP contribution in [-0.4, -0.2) is 86.1 Å². The van der Waals surface area contributed by atoms with Gasteiger partial charge in [-0.3, -0.25) is 4.79 Å². The number of amides is 1. The zero-order valence-corrected chi connectivity index (χ0v) is 17.6. The molecule has 0 atom stereocenters. The van der Waals surface area contributed by atoms with Gasteiger partial charge in [0.25, 0.3) is 5.91 Å². The van der Waals surface area contributed by atoms with Crippen molar-refractivity contribution in [1.29, 1.82) is 0 Å². The van der Waals surface area contributed by atoms with Crippen LogP contribution >= 0.6 is 0 Å². The van der Waals surface area contributed by atoms with Crippen molar-refractivity contribution in [3.8, 4) is 0 Å². The average molecular weight is 385 g/mol. The average Bonchev–Trinajstić information content (AvgIpc) is 3.28. The summed E-state index contributed by atoms with van der Waals surface area (Å²) in [5.74, 6) is 0.161. The third kappa shape index (κ3) is 4.36. The Balaban J connectivity index is 1.31. The van der Waals surface area contributed by atoms with Crippen molar-refractivity contribution >= 4 is 11.6 Å². The van der Waals surface area contributed by atoms with Gasteiger partial charge < -0.3 is 19.6 Å². The van der Waals surface area contributed by atoms with Gasteiger partial charge in [0.05, 0.1) is 0 Å². The lowest BCUT2D eigenvalue weighted by molar-refractivity contribution is 0.0659. The van der Waals surface area contributed by atoms with Gasteiger partial charge in [0.1, 0.15) is 0 Å². The predicted octanol–water partition coefficient (Wildman–Crippen LogP) is 2.92. The quantitative estimate of drug-likeness (QED) is 0.798. The SMILES string of the molecule is CN1CCC(N(C)C(=O)c2ccc(N3CCC(N4CCCC4)CC3)cc2)CC1. The van der Waals surface area contributed by atoms with Gasteiger partial charge in [0.2, 0.25) is 0 Å². The van der Waals surface area contributed by atoms with E-state index < -0.39 is 0 Å². The van der Waals surface area contributed by atoms with Crippen LogP contribution in [0, 0.1) is 0 Å². The molecule has 3 aliphatic heterocycles. The lowest BCUT2D eigenvalue weighted by atomic mass is 10.0. The minimum absolute atomic E-state index is 0.161. The maximum Gasteiger partial charge on any atom is 0.253 e. The number of hydrogen-bond donors (Lipinski definition) is 0. The summed E-state index contributed by atoms with van der Waals surface area (Å²) in [6.07, 6.45) is 7.42. The van der Waals surface area contributed by atoms with Gasteiger partial charge in [-0.1, -0.05) is 0 Å². The van der Waals surface area contributed by atoms with Crippen molar-refractivity contribution in [2.45, 2.75) is 50.6 Å². The highest BCUT2D eigenvalue weighted by Gasteiger charge is 2.27. The van der Waals surface area contributed by atoms with Crippen molar-refractivity contribution in [3.63, 3.8) is 0 Å². The van der Waals surface area contributed by atoms with Gasteiger partial charge in [0.15, 0.2) is 0 Å². The highest BCUT2D eigenvalue weighted by molar-refractivity contribution is 5.94. The maximum absolute atomic E-state index is 12.9. The maximum atomic E-state index is 12.9. The molecule has 0 N–H and O–H groups in total. The third-order valence-electron chi connectivity index (χ3n) is 7.16. The first-order valence-electron chi connectivity index (χ1n) is 11.2. The first kappa shape index (κ1) is 19.7. The van der Waals surface area contributed by atoms with Crippen LogP contribution in [0.15, 0.2) is 24.3 Å². The second kappa shape index (κ2) is 8.83. The molecule has 0 radical (unpaired) electrons. The van der Waals surface area contributed by atoms with E-state index in [4.69, 9.17) is 0 Å². The van der Waals surface area contributed by atoms with E-state index in [9.17, 15) is 4.79 Å². The van der Waals surface area contributed by atoms with Crippen LogP contribution in [0.3, 0.4) is 0 Å². The minimum Gasteiger partial charge on any atom is -0.371 e. The summed E-state index contributed by atoms with van der Waals surface area (Å²) in [7, 11) is 4.13. The molecule has 3 aliphatic rings. The summed E-state index contributed by atoms with van der Waals surface area (Å²) in [5, 5.41) is 0. The molecule has 1 amide bonds. The Hall–Kier alpha value is -1.59. The minimum atomic E-state index is 0.161. The lowest BCUT2D eigenvalue weighted by Gasteiger charge is -2.38. The number of nitrogens with zero attached hydrogens (tertiary/aromatic N) is 4. The molecule has 3 saturated heterocycles. The van der Waals surface area contributed by atoms with Gasteiger partial charge in [0, 0.05) is 43.5 Å². The Kier molecular flexibility index (Phi) is 6.22. The number of likely N-dealkylation sites (tertiary alicyclic amines) is 2. The van der Waals surface area contributed by atoms with E-state index in [-0.39, 0.29) is 5.91 Å². The summed E-state index contributed by atoms with van der Waals surface area (Å²) in [6, 6.07) is 9.49. The zero-order chi connectivity index (χ0) is 19.5. The topological polar surface area (TPSA) is 30.0 Å². The molecule has 5 nitrogen and oxygen atoms in total. The molecule has 0 aliphatic carbocycles. The summed E-state index contributed by atoms with van der Waals surface area (Å²) in [5.41, 5.74) is 2.08. The Morgan fingerprint density at radius 3 is 2.11 bits per heavy atom. The van der Waals surface area contributed by atoms with Gasteiger partial charge in [-0.05, 0) is 96.0 Å². The Morgan fingerprint density at radius 1 is 0.893 bits per heavy atom. The fourth-order valence-electron chi connectivity index (χ4n) is 5.16. The number of carbonyl (C=O) groups excluding carboxylic acids is 1. The Labute approximate surface area is 170 Å². The van der Waals surface area contributed by atoms with E-state index >= 15 is 0 Å². The second-order valence-corrected chi connectivity index (χ2v) is 8.96. The molecule has 154 valence electrons. The Bertz CT molecular complexity index is 639. The molecule has 1 aromatic rings. The highest BCUT2D eigenvalue weighted by atomic mass is 16.2. The van der Waals surface area contributed by atoms with E-state index in [0.717, 1.165) is 50.6 Å².